The average molecular weight is 456 g/mol. The standard InChI is InChI=1S/C15H16N6O7S2/c1-20-15(17-18-19-20)29-12-3-2-9(6-11(12)21(24)25)14(23)28-7-13(22)16-10-4-5-30(26,27)8-10/h2-3,6,10H,4-5,7-8H2,1H3,(H,16,22)/t10-/m0/s1. The van der Waals surface area contributed by atoms with Crippen LogP contribution in [0.1, 0.15) is 16.8 Å². The van der Waals surface area contributed by atoms with Crippen molar-refractivity contribution in [3.8, 4) is 0 Å². The maximum atomic E-state index is 12.2. The van der Waals surface area contributed by atoms with Gasteiger partial charge in [0.05, 0.1) is 26.9 Å². The van der Waals surface area contributed by atoms with Crippen molar-refractivity contribution in [3.05, 3.63) is 33.9 Å². The van der Waals surface area contributed by atoms with Crippen LogP contribution in [0.2, 0.25) is 0 Å². The van der Waals surface area contributed by atoms with Gasteiger partial charge in [0.25, 0.3) is 11.6 Å². The van der Waals surface area contributed by atoms with E-state index in [2.05, 4.69) is 20.8 Å². The summed E-state index contributed by atoms with van der Waals surface area (Å²) in [6.07, 6.45) is 0.300. The number of nitrogens with one attached hydrogen (secondary N) is 1. The highest BCUT2D eigenvalue weighted by molar-refractivity contribution is 7.99. The minimum Gasteiger partial charge on any atom is -0.452 e. The number of aryl methyl sites for hydroxylation is 1. The van der Waals surface area contributed by atoms with Crippen molar-refractivity contribution in [3.63, 3.8) is 0 Å². The molecule has 1 aliphatic heterocycles. The summed E-state index contributed by atoms with van der Waals surface area (Å²) in [5.41, 5.74) is -0.462. The quantitative estimate of drug-likeness (QED) is 0.329. The first-order valence-corrected chi connectivity index (χ1v) is 11.1. The van der Waals surface area contributed by atoms with Gasteiger partial charge < -0.3 is 10.1 Å². The highest BCUT2D eigenvalue weighted by Crippen LogP contribution is 2.34. The fraction of sp³-hybridized carbons (Fsp3) is 0.400. The summed E-state index contributed by atoms with van der Waals surface area (Å²) in [5, 5.41) is 25.0. The van der Waals surface area contributed by atoms with Gasteiger partial charge in [-0.25, -0.2) is 17.9 Å². The van der Waals surface area contributed by atoms with E-state index in [9.17, 15) is 28.1 Å². The minimum absolute atomic E-state index is 0.00381. The van der Waals surface area contributed by atoms with Crippen LogP contribution in [0.4, 0.5) is 5.69 Å². The largest absolute Gasteiger partial charge is 0.452 e. The summed E-state index contributed by atoms with van der Waals surface area (Å²) in [7, 11) is -1.58. The highest BCUT2D eigenvalue weighted by Gasteiger charge is 2.29. The Hall–Kier alpha value is -3.07. The van der Waals surface area contributed by atoms with Crippen LogP contribution in [0, 0.1) is 10.1 Å². The zero-order chi connectivity index (χ0) is 21.9. The minimum atomic E-state index is -3.16. The molecule has 0 spiro atoms. The number of hydrogen-bond acceptors (Lipinski definition) is 11. The summed E-state index contributed by atoms with van der Waals surface area (Å²) in [5.74, 6) is -1.74. The number of carbonyl (C=O) groups excluding carboxylic acids is 2. The van der Waals surface area contributed by atoms with Gasteiger partial charge in [0.2, 0.25) is 5.16 Å². The second-order valence-electron chi connectivity index (χ2n) is 6.37. The van der Waals surface area contributed by atoms with Crippen molar-refractivity contribution in [2.45, 2.75) is 22.5 Å². The summed E-state index contributed by atoms with van der Waals surface area (Å²) in [6, 6.07) is 3.20. The molecule has 1 aromatic heterocycles. The molecule has 30 heavy (non-hydrogen) atoms. The van der Waals surface area contributed by atoms with Gasteiger partial charge in [0.1, 0.15) is 0 Å². The maximum Gasteiger partial charge on any atom is 0.338 e. The Bertz CT molecular complexity index is 1100. The monoisotopic (exact) mass is 456 g/mol. The number of hydrogen-bond donors (Lipinski definition) is 1. The summed E-state index contributed by atoms with van der Waals surface area (Å²) < 4.78 is 29.0. The van der Waals surface area contributed by atoms with Crippen molar-refractivity contribution in [1.82, 2.24) is 25.5 Å². The molecule has 2 aromatic rings. The number of sulfone groups is 1. The first kappa shape index (κ1) is 21.6. The van der Waals surface area contributed by atoms with Crippen molar-refractivity contribution in [2.75, 3.05) is 18.1 Å². The third-order valence-electron chi connectivity index (χ3n) is 4.11. The lowest BCUT2D eigenvalue weighted by Crippen LogP contribution is -2.38. The van der Waals surface area contributed by atoms with Crippen LogP contribution >= 0.6 is 11.8 Å². The number of ether oxygens (including phenoxy) is 1. The Labute approximate surface area is 174 Å². The number of esters is 1. The third kappa shape index (κ3) is 5.29. The molecule has 13 nitrogen and oxygen atoms in total. The molecule has 1 atom stereocenters. The van der Waals surface area contributed by atoms with Gasteiger partial charge in [-0.05, 0) is 40.7 Å². The van der Waals surface area contributed by atoms with E-state index in [-0.39, 0.29) is 27.7 Å². The van der Waals surface area contributed by atoms with Gasteiger partial charge in [-0.15, -0.1) is 5.10 Å². The molecular formula is C15H16N6O7S2. The number of benzene rings is 1. The molecule has 1 fully saturated rings. The van der Waals surface area contributed by atoms with Gasteiger partial charge >= 0.3 is 5.97 Å². The molecule has 160 valence electrons. The van der Waals surface area contributed by atoms with Crippen molar-refractivity contribution in [1.29, 1.82) is 0 Å². The Balaban J connectivity index is 1.63. The van der Waals surface area contributed by atoms with Crippen LogP contribution in [0.5, 0.6) is 0 Å². The maximum absolute atomic E-state index is 12.2. The molecule has 15 heteroatoms. The highest BCUT2D eigenvalue weighted by atomic mass is 32.2. The van der Waals surface area contributed by atoms with E-state index in [4.69, 9.17) is 4.74 Å². The van der Waals surface area contributed by atoms with Crippen molar-refractivity contribution >= 4 is 39.2 Å². The summed E-state index contributed by atoms with van der Waals surface area (Å²) in [4.78, 5) is 35.0. The van der Waals surface area contributed by atoms with E-state index >= 15 is 0 Å². The Morgan fingerprint density at radius 1 is 1.43 bits per heavy atom. The number of nitro groups is 1. The lowest BCUT2D eigenvalue weighted by Gasteiger charge is -2.11. The van der Waals surface area contributed by atoms with Gasteiger partial charge in [0.15, 0.2) is 16.4 Å². The molecule has 0 bridgehead atoms. The van der Waals surface area contributed by atoms with E-state index in [1.807, 2.05) is 0 Å². The van der Waals surface area contributed by atoms with E-state index in [0.29, 0.717) is 11.6 Å². The summed E-state index contributed by atoms with van der Waals surface area (Å²) >= 11 is 0.952. The van der Waals surface area contributed by atoms with Crippen molar-refractivity contribution in [2.24, 2.45) is 7.05 Å². The number of nitrogens with zero attached hydrogens (tertiary/aromatic N) is 5. The third-order valence-corrected chi connectivity index (χ3v) is 6.97. The first-order chi connectivity index (χ1) is 14.1. The van der Waals surface area contributed by atoms with Crippen LogP contribution < -0.4 is 5.32 Å². The van der Waals surface area contributed by atoms with Crippen LogP contribution in [0.25, 0.3) is 0 Å². The molecule has 0 aliphatic carbocycles. The molecule has 2 heterocycles. The fourth-order valence-corrected chi connectivity index (χ4v) is 5.16. The topological polar surface area (TPSA) is 176 Å². The zero-order valence-corrected chi connectivity index (χ0v) is 17.2. The van der Waals surface area contributed by atoms with Gasteiger partial charge in [-0.1, -0.05) is 0 Å². The number of tetrazole rings is 1. The number of amides is 1. The van der Waals surface area contributed by atoms with Crippen LogP contribution in [0.15, 0.2) is 28.3 Å². The zero-order valence-electron chi connectivity index (χ0n) is 15.5. The van der Waals surface area contributed by atoms with Gasteiger partial charge in [0, 0.05) is 19.2 Å². The Kier molecular flexibility index (Phi) is 6.31. The average Bonchev–Trinajstić information content (AvgIpc) is 3.24. The predicted octanol–water partition coefficient (Wildman–Crippen LogP) is -0.270. The number of rotatable bonds is 7. The first-order valence-electron chi connectivity index (χ1n) is 8.50. The fourth-order valence-electron chi connectivity index (χ4n) is 2.67. The van der Waals surface area contributed by atoms with Crippen LogP contribution in [0.3, 0.4) is 0 Å². The molecule has 1 saturated heterocycles. The lowest BCUT2D eigenvalue weighted by molar-refractivity contribution is -0.387. The Morgan fingerprint density at radius 3 is 2.80 bits per heavy atom. The number of carbonyl (C=O) groups is 2. The normalized spacial score (nSPS) is 17.4. The van der Waals surface area contributed by atoms with Crippen molar-refractivity contribution < 1.29 is 27.7 Å². The molecule has 1 aliphatic rings. The van der Waals surface area contributed by atoms with Gasteiger partial charge in [-0.2, -0.15) is 0 Å². The Morgan fingerprint density at radius 2 is 2.20 bits per heavy atom. The molecule has 0 saturated carbocycles. The number of aromatic nitrogens is 4. The molecular weight excluding hydrogens is 440 g/mol. The second kappa shape index (κ2) is 8.74. The van der Waals surface area contributed by atoms with E-state index in [1.54, 1.807) is 7.05 Å². The number of nitro benzene ring substituents is 1. The lowest BCUT2D eigenvalue weighted by atomic mass is 10.2. The molecule has 1 amide bonds. The molecule has 0 unspecified atom stereocenters. The molecule has 1 aromatic carbocycles. The van der Waals surface area contributed by atoms with E-state index in [1.165, 1.54) is 16.8 Å². The van der Waals surface area contributed by atoms with Gasteiger partial charge in [-0.3, -0.25) is 14.9 Å². The molecule has 3 rings (SSSR count). The van der Waals surface area contributed by atoms with E-state index < -0.39 is 39.3 Å². The SMILES string of the molecule is Cn1nnnc1Sc1ccc(C(=O)OCC(=O)N[C@H]2CCS(=O)(=O)C2)cc1[N+](=O)[O-]. The summed E-state index contributed by atoms with van der Waals surface area (Å²) in [6.45, 7) is -0.635. The molecule has 1 N–H and O–H groups in total. The predicted molar refractivity (Wildman–Crippen MR) is 102 cm³/mol. The molecule has 0 radical (unpaired) electrons. The second-order valence-corrected chi connectivity index (χ2v) is 9.61. The van der Waals surface area contributed by atoms with Crippen LogP contribution in [-0.4, -0.2) is 69.6 Å². The smallest absolute Gasteiger partial charge is 0.338 e. The van der Waals surface area contributed by atoms with Crippen LogP contribution in [-0.2, 0) is 26.4 Å². The van der Waals surface area contributed by atoms with E-state index in [0.717, 1.165) is 17.8 Å².